The van der Waals surface area contributed by atoms with Gasteiger partial charge in [-0.2, -0.15) is 10.2 Å². The third-order valence-corrected chi connectivity index (χ3v) is 9.82. The normalized spacial score (nSPS) is 14.4. The molecule has 2 aliphatic heterocycles. The van der Waals surface area contributed by atoms with E-state index in [2.05, 4.69) is 20.4 Å². The maximum Gasteiger partial charge on any atom is 0.410 e. The highest BCUT2D eigenvalue weighted by atomic mass is 19.1. The number of nitrogens with zero attached hydrogens (tertiary/aromatic N) is 6. The van der Waals surface area contributed by atoms with E-state index in [0.29, 0.717) is 86.2 Å². The average molecular weight is 813 g/mol. The zero-order valence-electron chi connectivity index (χ0n) is 34.1. The standard InChI is InChI=1S/C31H37FN6O5.C10H10N2O.C2H6.CH4/c1-31(2,3)43-30(42)38-12-10-35(11-13-38)20-27(39)36-14-16-37(17-15-36)29(41)24-18-21(8-9-25(24)32)19-26-22-6-4-5-7-23(22)28(40)34-33-26;1-2-9-7-5-3-4-6-8(7)10(13)12-11-9;1-2;/h4-9,18H,10-17,19-20H2,1-3H3,(H,34,40);3-6H,2H2,1H3,(H,12,13);1-2H3;1H4. The second kappa shape index (κ2) is 20.6. The Morgan fingerprint density at radius 1 is 0.712 bits per heavy atom. The topological polar surface area (TPSA) is 165 Å². The second-order valence-electron chi connectivity index (χ2n) is 14.9. The molecule has 14 nitrogen and oxygen atoms in total. The lowest BCUT2D eigenvalue weighted by Gasteiger charge is -2.38. The van der Waals surface area contributed by atoms with E-state index in [1.165, 1.54) is 12.1 Å². The van der Waals surface area contributed by atoms with E-state index in [1.807, 2.05) is 82.8 Å². The number of rotatable bonds is 6. The fraction of sp³-hybridized carbons (Fsp3) is 0.432. The third-order valence-electron chi connectivity index (χ3n) is 9.82. The highest BCUT2D eigenvalue weighted by molar-refractivity contribution is 5.95. The average Bonchev–Trinajstić information content (AvgIpc) is 3.23. The fourth-order valence-electron chi connectivity index (χ4n) is 6.82. The Balaban J connectivity index is 0.000000404. The Kier molecular flexibility index (Phi) is 16.0. The maximum atomic E-state index is 14.8. The van der Waals surface area contributed by atoms with Gasteiger partial charge in [-0.3, -0.25) is 24.1 Å². The van der Waals surface area contributed by atoms with Crippen LogP contribution in [0.1, 0.15) is 76.3 Å². The first-order valence-corrected chi connectivity index (χ1v) is 19.8. The molecule has 2 aromatic heterocycles. The van der Waals surface area contributed by atoms with Crippen LogP contribution in [0.15, 0.2) is 76.3 Å². The van der Waals surface area contributed by atoms with Crippen LogP contribution in [-0.2, 0) is 22.4 Å². The molecular formula is C44H57FN8O6. The molecule has 3 aromatic carbocycles. The number of hydrogen-bond acceptors (Lipinski definition) is 9. The number of halogens is 1. The monoisotopic (exact) mass is 812 g/mol. The van der Waals surface area contributed by atoms with Crippen molar-refractivity contribution < 1.29 is 23.5 Å². The summed E-state index contributed by atoms with van der Waals surface area (Å²) in [6, 6.07) is 19.1. The molecule has 0 aliphatic carbocycles. The summed E-state index contributed by atoms with van der Waals surface area (Å²) in [6.45, 7) is 15.2. The van der Waals surface area contributed by atoms with E-state index < -0.39 is 17.3 Å². The quantitative estimate of drug-likeness (QED) is 0.221. The number of aromatic amines is 2. The van der Waals surface area contributed by atoms with Crippen LogP contribution < -0.4 is 11.1 Å². The molecule has 59 heavy (non-hydrogen) atoms. The van der Waals surface area contributed by atoms with Crippen molar-refractivity contribution in [2.75, 3.05) is 58.9 Å². The van der Waals surface area contributed by atoms with Gasteiger partial charge in [0.2, 0.25) is 5.91 Å². The number of aryl methyl sites for hydroxylation is 1. The first-order valence-electron chi connectivity index (χ1n) is 19.8. The van der Waals surface area contributed by atoms with Crippen molar-refractivity contribution in [3.05, 3.63) is 116 Å². The van der Waals surface area contributed by atoms with Crippen molar-refractivity contribution in [3.63, 3.8) is 0 Å². The van der Waals surface area contributed by atoms with Crippen LogP contribution in [0.4, 0.5) is 9.18 Å². The number of ether oxygens (including phenoxy) is 1. The molecule has 2 saturated heterocycles. The molecule has 15 heteroatoms. The minimum Gasteiger partial charge on any atom is -0.444 e. The van der Waals surface area contributed by atoms with Gasteiger partial charge in [-0.15, -0.1) is 0 Å². The Hall–Kier alpha value is -5.96. The number of piperazine rings is 2. The van der Waals surface area contributed by atoms with Crippen LogP contribution in [0.3, 0.4) is 0 Å². The van der Waals surface area contributed by atoms with Crippen LogP contribution in [-0.4, -0.2) is 122 Å². The SMILES string of the molecule is C.CC.CC(C)(C)OC(=O)N1CCN(CC(=O)N2CCN(C(=O)c3cc(Cc4n[nH]c(=O)c5ccccc45)ccc3F)CC2)CC1.CCc1n[nH]c(=O)c2ccccc12. The zero-order chi connectivity index (χ0) is 42.0. The lowest BCUT2D eigenvalue weighted by atomic mass is 10.0. The van der Waals surface area contributed by atoms with Crippen LogP contribution in [0.25, 0.3) is 21.5 Å². The summed E-state index contributed by atoms with van der Waals surface area (Å²) in [5.41, 5.74) is 1.26. The van der Waals surface area contributed by atoms with Gasteiger partial charge in [0.25, 0.3) is 17.0 Å². The molecule has 0 bridgehead atoms. The Bertz CT molecular complexity index is 2340. The van der Waals surface area contributed by atoms with Crippen LogP contribution in [0, 0.1) is 5.82 Å². The first-order chi connectivity index (χ1) is 27.8. The molecule has 2 N–H and O–H groups in total. The van der Waals surface area contributed by atoms with Crippen molar-refractivity contribution >= 4 is 39.5 Å². The number of hydrogen-bond donors (Lipinski definition) is 2. The Morgan fingerprint density at radius 3 is 1.75 bits per heavy atom. The van der Waals surface area contributed by atoms with Crippen LogP contribution in [0.2, 0.25) is 0 Å². The number of carbonyl (C=O) groups is 3. The van der Waals surface area contributed by atoms with Crippen molar-refractivity contribution in [1.82, 2.24) is 40.0 Å². The van der Waals surface area contributed by atoms with Gasteiger partial charge in [0, 0.05) is 69.6 Å². The van der Waals surface area contributed by atoms with E-state index in [-0.39, 0.29) is 42.7 Å². The fourth-order valence-corrected chi connectivity index (χ4v) is 6.82. The van der Waals surface area contributed by atoms with Crippen molar-refractivity contribution in [3.8, 4) is 0 Å². The molecule has 5 aromatic rings. The largest absolute Gasteiger partial charge is 0.444 e. The molecule has 316 valence electrons. The van der Waals surface area contributed by atoms with Gasteiger partial charge in [0.05, 0.1) is 34.3 Å². The lowest BCUT2D eigenvalue weighted by Crippen LogP contribution is -2.55. The smallest absolute Gasteiger partial charge is 0.410 e. The van der Waals surface area contributed by atoms with E-state index in [1.54, 1.807) is 32.9 Å². The van der Waals surface area contributed by atoms with Gasteiger partial charge in [-0.1, -0.05) is 70.7 Å². The van der Waals surface area contributed by atoms with Gasteiger partial charge in [-0.05, 0) is 57.0 Å². The summed E-state index contributed by atoms with van der Waals surface area (Å²) in [5, 5.41) is 16.1. The summed E-state index contributed by atoms with van der Waals surface area (Å²) < 4.78 is 20.3. The number of carbonyl (C=O) groups excluding carboxylic acids is 3. The third kappa shape index (κ3) is 11.6. The summed E-state index contributed by atoms with van der Waals surface area (Å²) in [4.78, 5) is 69.0. The van der Waals surface area contributed by atoms with Crippen molar-refractivity contribution in [2.24, 2.45) is 0 Å². The van der Waals surface area contributed by atoms with E-state index in [0.717, 1.165) is 17.5 Å². The lowest BCUT2D eigenvalue weighted by molar-refractivity contribution is -0.134. The molecule has 2 aliphatic rings. The van der Waals surface area contributed by atoms with Gasteiger partial charge in [0.1, 0.15) is 11.4 Å². The van der Waals surface area contributed by atoms with E-state index >= 15 is 0 Å². The summed E-state index contributed by atoms with van der Waals surface area (Å²) in [6.07, 6.45) is 0.798. The van der Waals surface area contributed by atoms with Gasteiger partial charge in [-0.25, -0.2) is 19.4 Å². The molecule has 3 amide bonds. The first kappa shape index (κ1) is 45.7. The molecular weight excluding hydrogens is 756 g/mol. The Morgan fingerprint density at radius 2 is 1.20 bits per heavy atom. The number of H-pyrrole nitrogens is 2. The molecule has 4 heterocycles. The highest BCUT2D eigenvalue weighted by Gasteiger charge is 2.30. The number of benzene rings is 3. The van der Waals surface area contributed by atoms with Crippen LogP contribution in [0.5, 0.6) is 0 Å². The van der Waals surface area contributed by atoms with Gasteiger partial charge in [0.15, 0.2) is 0 Å². The number of fused-ring (bicyclic) bond motifs is 2. The molecule has 2 fully saturated rings. The molecule has 0 spiro atoms. The minimum atomic E-state index is -0.614. The molecule has 7 rings (SSSR count). The van der Waals surface area contributed by atoms with Gasteiger partial charge >= 0.3 is 6.09 Å². The molecule has 0 saturated carbocycles. The summed E-state index contributed by atoms with van der Waals surface area (Å²) >= 11 is 0. The predicted molar refractivity (Wildman–Crippen MR) is 228 cm³/mol. The Labute approximate surface area is 344 Å². The van der Waals surface area contributed by atoms with Crippen molar-refractivity contribution in [1.29, 1.82) is 0 Å². The number of nitrogens with one attached hydrogen (secondary N) is 2. The zero-order valence-corrected chi connectivity index (χ0v) is 34.1. The maximum absolute atomic E-state index is 14.8. The predicted octanol–water partition coefficient (Wildman–Crippen LogP) is 5.64. The highest BCUT2D eigenvalue weighted by Crippen LogP contribution is 2.21. The minimum absolute atomic E-state index is 0. The van der Waals surface area contributed by atoms with Crippen LogP contribution >= 0.6 is 0 Å². The molecule has 0 radical (unpaired) electrons. The summed E-state index contributed by atoms with van der Waals surface area (Å²) in [7, 11) is 0. The van der Waals surface area contributed by atoms with Gasteiger partial charge < -0.3 is 19.4 Å². The van der Waals surface area contributed by atoms with E-state index in [9.17, 15) is 28.4 Å². The molecule has 0 atom stereocenters. The number of amides is 3. The second-order valence-corrected chi connectivity index (χ2v) is 14.9. The number of aromatic nitrogens is 4. The van der Waals surface area contributed by atoms with E-state index in [4.69, 9.17) is 4.74 Å². The molecule has 0 unspecified atom stereocenters. The summed E-state index contributed by atoms with van der Waals surface area (Å²) in [5.74, 6) is -1.08. The van der Waals surface area contributed by atoms with Crippen molar-refractivity contribution in [2.45, 2.75) is 67.4 Å².